The Morgan fingerprint density at radius 3 is 2.68 bits per heavy atom. The molecule has 0 saturated carbocycles. The number of ketones is 1. The lowest BCUT2D eigenvalue weighted by Gasteiger charge is -2.35. The van der Waals surface area contributed by atoms with E-state index in [-0.39, 0.29) is 17.2 Å². The quantitative estimate of drug-likeness (QED) is 0.503. The summed E-state index contributed by atoms with van der Waals surface area (Å²) in [6.07, 6.45) is 1.92. The number of amides is 1. The summed E-state index contributed by atoms with van der Waals surface area (Å²) in [6, 6.07) is 12.8. The van der Waals surface area contributed by atoms with E-state index in [0.717, 1.165) is 29.0 Å². The zero-order valence-electron chi connectivity index (χ0n) is 18.7. The Hall–Kier alpha value is -3.28. The topological polar surface area (TPSA) is 76.7 Å². The molecule has 0 radical (unpaired) electrons. The van der Waals surface area contributed by atoms with E-state index < -0.39 is 6.09 Å². The van der Waals surface area contributed by atoms with Gasteiger partial charge >= 0.3 is 6.09 Å². The zero-order chi connectivity index (χ0) is 22.6. The van der Waals surface area contributed by atoms with Gasteiger partial charge < -0.3 is 14.8 Å². The highest BCUT2D eigenvalue weighted by Gasteiger charge is 2.28. The van der Waals surface area contributed by atoms with Crippen molar-refractivity contribution in [1.29, 1.82) is 0 Å². The first-order chi connectivity index (χ1) is 14.7. The van der Waals surface area contributed by atoms with Crippen LogP contribution in [0.4, 0.5) is 10.5 Å². The maximum atomic E-state index is 13.0. The number of carbonyl (C=O) groups excluding carboxylic acids is 2. The summed E-state index contributed by atoms with van der Waals surface area (Å²) in [5.74, 6) is 0.830. The smallest absolute Gasteiger partial charge is 0.411 e. The normalized spacial score (nSPS) is 15.7. The molecule has 1 heterocycles. The number of nitrogens with one attached hydrogen (secondary N) is 2. The number of fused-ring (bicyclic) bond motifs is 1. The van der Waals surface area contributed by atoms with E-state index >= 15 is 0 Å². The van der Waals surface area contributed by atoms with E-state index in [1.54, 1.807) is 37.5 Å². The lowest BCUT2D eigenvalue weighted by Crippen LogP contribution is -2.43. The van der Waals surface area contributed by atoms with E-state index in [0.29, 0.717) is 17.9 Å². The molecule has 6 heteroatoms. The van der Waals surface area contributed by atoms with Gasteiger partial charge in [-0.05, 0) is 56.0 Å². The van der Waals surface area contributed by atoms with Gasteiger partial charge in [-0.3, -0.25) is 10.1 Å². The van der Waals surface area contributed by atoms with Crippen LogP contribution in [0.15, 0.2) is 48.5 Å². The highest BCUT2D eigenvalue weighted by Crippen LogP contribution is 2.32. The monoisotopic (exact) mass is 422 g/mol. The van der Waals surface area contributed by atoms with Crippen molar-refractivity contribution in [1.82, 2.24) is 5.32 Å². The summed E-state index contributed by atoms with van der Waals surface area (Å²) in [7, 11) is 1.63. The van der Waals surface area contributed by atoms with Crippen molar-refractivity contribution in [2.75, 3.05) is 19.0 Å². The number of anilines is 1. The molecule has 0 fully saturated rings. The van der Waals surface area contributed by atoms with Crippen LogP contribution in [-0.2, 0) is 11.2 Å². The van der Waals surface area contributed by atoms with Gasteiger partial charge in [-0.1, -0.05) is 32.0 Å². The minimum atomic E-state index is -0.534. The molecule has 1 amide bonds. The Labute approximate surface area is 183 Å². The van der Waals surface area contributed by atoms with Crippen molar-refractivity contribution in [2.45, 2.75) is 39.7 Å². The lowest BCUT2D eigenvalue weighted by atomic mass is 9.85. The predicted molar refractivity (Wildman–Crippen MR) is 122 cm³/mol. The molecule has 2 N–H and O–H groups in total. The third-order valence-corrected chi connectivity index (χ3v) is 4.93. The molecule has 164 valence electrons. The summed E-state index contributed by atoms with van der Waals surface area (Å²) >= 11 is 0. The van der Waals surface area contributed by atoms with Gasteiger partial charge in [0.2, 0.25) is 0 Å². The number of methoxy groups -OCH3 is 1. The fourth-order valence-corrected chi connectivity index (χ4v) is 3.51. The van der Waals surface area contributed by atoms with Gasteiger partial charge in [0.1, 0.15) is 5.75 Å². The van der Waals surface area contributed by atoms with E-state index in [1.165, 1.54) is 0 Å². The second kappa shape index (κ2) is 9.25. The van der Waals surface area contributed by atoms with Gasteiger partial charge in [0.25, 0.3) is 0 Å². The molecule has 0 bridgehead atoms. The molecule has 0 atom stereocenters. The maximum absolute atomic E-state index is 13.0. The SMILES string of the molecule is COc1ccc2c(c1)/C(=C/C(=O)c1cccc(NC(=O)OCC(C)C)c1)NC(C)(C)C2. The molecule has 0 unspecified atom stereocenters. The van der Waals surface area contributed by atoms with Crippen molar-refractivity contribution in [3.05, 3.63) is 65.2 Å². The second-order valence-electron chi connectivity index (χ2n) is 8.83. The molecule has 0 saturated heterocycles. The van der Waals surface area contributed by atoms with Crippen molar-refractivity contribution < 1.29 is 19.1 Å². The van der Waals surface area contributed by atoms with Crippen molar-refractivity contribution in [2.24, 2.45) is 5.92 Å². The molecule has 0 aromatic heterocycles. The third-order valence-electron chi connectivity index (χ3n) is 4.93. The zero-order valence-corrected chi connectivity index (χ0v) is 18.7. The van der Waals surface area contributed by atoms with Gasteiger partial charge in [-0.15, -0.1) is 0 Å². The molecule has 0 spiro atoms. The van der Waals surface area contributed by atoms with Crippen LogP contribution in [0.5, 0.6) is 5.75 Å². The first kappa shape index (κ1) is 22.4. The van der Waals surface area contributed by atoms with Crippen molar-refractivity contribution >= 4 is 23.3 Å². The van der Waals surface area contributed by atoms with Gasteiger partial charge in [0, 0.05) is 34.1 Å². The second-order valence-corrected chi connectivity index (χ2v) is 8.83. The van der Waals surface area contributed by atoms with Crippen LogP contribution in [0.3, 0.4) is 0 Å². The van der Waals surface area contributed by atoms with Gasteiger partial charge in [0.05, 0.1) is 13.7 Å². The fraction of sp³-hybridized carbons (Fsp3) is 0.360. The van der Waals surface area contributed by atoms with Crippen molar-refractivity contribution in [3.63, 3.8) is 0 Å². The minimum absolute atomic E-state index is 0.159. The number of hydrogen-bond acceptors (Lipinski definition) is 5. The Morgan fingerprint density at radius 1 is 1.19 bits per heavy atom. The minimum Gasteiger partial charge on any atom is -0.497 e. The van der Waals surface area contributed by atoms with Crippen LogP contribution in [0.25, 0.3) is 5.70 Å². The summed E-state index contributed by atoms with van der Waals surface area (Å²) in [4.78, 5) is 25.0. The highest BCUT2D eigenvalue weighted by molar-refractivity contribution is 6.09. The van der Waals surface area contributed by atoms with E-state index in [4.69, 9.17) is 9.47 Å². The molecule has 1 aliphatic heterocycles. The van der Waals surface area contributed by atoms with E-state index in [9.17, 15) is 9.59 Å². The standard InChI is InChI=1S/C25H30N2O4/c1-16(2)15-31-24(29)26-19-8-6-7-17(11-19)23(28)13-22-21-12-20(30-5)10-9-18(21)14-25(3,4)27-22/h6-13,16,27H,14-15H2,1-5H3,(H,26,29)/b22-13-. The Kier molecular flexibility index (Phi) is 6.68. The summed E-state index contributed by atoms with van der Waals surface area (Å²) in [6.45, 7) is 8.47. The average Bonchev–Trinajstić information content (AvgIpc) is 2.71. The molecule has 31 heavy (non-hydrogen) atoms. The van der Waals surface area contributed by atoms with Crippen LogP contribution in [0.1, 0.15) is 49.2 Å². The van der Waals surface area contributed by atoms with Crippen LogP contribution in [0.2, 0.25) is 0 Å². The Balaban J connectivity index is 1.84. The van der Waals surface area contributed by atoms with Gasteiger partial charge in [-0.25, -0.2) is 4.79 Å². The molecular weight excluding hydrogens is 392 g/mol. The molecule has 2 aromatic carbocycles. The lowest BCUT2D eigenvalue weighted by molar-refractivity contribution is 0.104. The molecule has 0 aliphatic carbocycles. The Morgan fingerprint density at radius 2 is 1.97 bits per heavy atom. The third kappa shape index (κ3) is 5.87. The largest absolute Gasteiger partial charge is 0.497 e. The number of benzene rings is 2. The van der Waals surface area contributed by atoms with Crippen LogP contribution in [-0.4, -0.2) is 31.1 Å². The van der Waals surface area contributed by atoms with Gasteiger partial charge in [0.15, 0.2) is 5.78 Å². The predicted octanol–water partition coefficient (Wildman–Crippen LogP) is 5.05. The first-order valence-electron chi connectivity index (χ1n) is 10.4. The molecule has 3 rings (SSSR count). The fourth-order valence-electron chi connectivity index (χ4n) is 3.51. The first-order valence-corrected chi connectivity index (χ1v) is 10.4. The number of carbonyl (C=O) groups is 2. The summed E-state index contributed by atoms with van der Waals surface area (Å²) < 4.78 is 10.5. The highest BCUT2D eigenvalue weighted by atomic mass is 16.5. The molecule has 1 aliphatic rings. The van der Waals surface area contributed by atoms with Crippen LogP contribution < -0.4 is 15.4 Å². The average molecular weight is 423 g/mol. The summed E-state index contributed by atoms with van der Waals surface area (Å²) in [5, 5.41) is 6.14. The van der Waals surface area contributed by atoms with Crippen LogP contribution >= 0.6 is 0 Å². The van der Waals surface area contributed by atoms with Crippen LogP contribution in [0, 0.1) is 5.92 Å². The summed E-state index contributed by atoms with van der Waals surface area (Å²) in [5.41, 5.74) is 3.67. The van der Waals surface area contributed by atoms with Crippen molar-refractivity contribution in [3.8, 4) is 5.75 Å². The molecular formula is C25H30N2O4. The molecule has 6 nitrogen and oxygen atoms in total. The number of hydrogen-bond donors (Lipinski definition) is 2. The van der Waals surface area contributed by atoms with Gasteiger partial charge in [-0.2, -0.15) is 0 Å². The number of allylic oxidation sites excluding steroid dienone is 1. The maximum Gasteiger partial charge on any atom is 0.411 e. The number of ether oxygens (including phenoxy) is 2. The van der Waals surface area contributed by atoms with E-state index in [1.807, 2.05) is 32.0 Å². The number of rotatable bonds is 6. The molecule has 2 aromatic rings. The van der Waals surface area contributed by atoms with E-state index in [2.05, 4.69) is 24.5 Å². The Bertz CT molecular complexity index is 1010.